The molecule has 1 unspecified atom stereocenters. The summed E-state index contributed by atoms with van der Waals surface area (Å²) >= 11 is 0. The Kier molecular flexibility index (Phi) is 7.52. The van der Waals surface area contributed by atoms with Crippen LogP contribution in [-0.4, -0.2) is 14.2 Å². The highest BCUT2D eigenvalue weighted by Crippen LogP contribution is 2.28. The third-order valence-corrected chi connectivity index (χ3v) is 3.58. The summed E-state index contributed by atoms with van der Waals surface area (Å²) in [7, 11) is 3.14. The number of rotatable bonds is 9. The lowest BCUT2D eigenvalue weighted by Gasteiger charge is -2.18. The predicted octanol–water partition coefficient (Wildman–Crippen LogP) is 4.59. The van der Waals surface area contributed by atoms with Crippen LogP contribution in [0.1, 0.15) is 57.1 Å². The van der Waals surface area contributed by atoms with Crippen LogP contribution in [0.15, 0.2) is 12.1 Å². The Morgan fingerprint density at radius 2 is 1.70 bits per heavy atom. The fourth-order valence-corrected chi connectivity index (χ4v) is 2.40. The molecule has 1 N–H and O–H groups in total. The van der Waals surface area contributed by atoms with Crippen LogP contribution in [-0.2, 0) is 0 Å². The first-order chi connectivity index (χ1) is 9.63. The van der Waals surface area contributed by atoms with Gasteiger partial charge in [-0.3, -0.25) is 0 Å². The number of unbranched alkanes of at least 4 members (excludes halogenated alkanes) is 4. The van der Waals surface area contributed by atoms with Crippen LogP contribution in [0.5, 0.6) is 5.75 Å². The topological polar surface area (TPSA) is 21.3 Å². The van der Waals surface area contributed by atoms with Crippen LogP contribution in [0.3, 0.4) is 0 Å². The Balaban J connectivity index is 2.69. The number of methoxy groups -OCH3 is 1. The molecule has 1 aromatic rings. The Hall–Kier alpha value is -1.16. The van der Waals surface area contributed by atoms with Crippen molar-refractivity contribution in [2.45, 2.75) is 51.5 Å². The maximum atomic E-state index is 14.0. The van der Waals surface area contributed by atoms with E-state index in [4.69, 9.17) is 4.74 Å². The van der Waals surface area contributed by atoms with E-state index in [0.29, 0.717) is 0 Å². The first-order valence-corrected chi connectivity index (χ1v) is 7.34. The zero-order chi connectivity index (χ0) is 15.0. The number of ether oxygens (including phenoxy) is 1. The monoisotopic (exact) mass is 285 g/mol. The van der Waals surface area contributed by atoms with Gasteiger partial charge in [0.05, 0.1) is 7.11 Å². The minimum Gasteiger partial charge on any atom is -0.497 e. The van der Waals surface area contributed by atoms with Crippen LogP contribution < -0.4 is 10.1 Å². The van der Waals surface area contributed by atoms with Gasteiger partial charge in [0.1, 0.15) is 17.4 Å². The molecule has 1 aromatic carbocycles. The highest BCUT2D eigenvalue weighted by atomic mass is 19.1. The molecule has 4 heteroatoms. The molecule has 0 bridgehead atoms. The fourth-order valence-electron chi connectivity index (χ4n) is 2.40. The van der Waals surface area contributed by atoms with Gasteiger partial charge in [-0.1, -0.05) is 39.0 Å². The number of halogens is 2. The first kappa shape index (κ1) is 16.9. The summed E-state index contributed by atoms with van der Waals surface area (Å²) in [4.78, 5) is 0. The molecule has 0 heterocycles. The van der Waals surface area contributed by atoms with Crippen LogP contribution in [0, 0.1) is 11.6 Å². The van der Waals surface area contributed by atoms with Crippen molar-refractivity contribution in [3.05, 3.63) is 29.3 Å². The van der Waals surface area contributed by atoms with Crippen molar-refractivity contribution in [2.75, 3.05) is 14.2 Å². The van der Waals surface area contributed by atoms with Gasteiger partial charge in [0.2, 0.25) is 0 Å². The van der Waals surface area contributed by atoms with Crippen molar-refractivity contribution >= 4 is 0 Å². The Labute approximate surface area is 120 Å². The average molecular weight is 285 g/mol. The van der Waals surface area contributed by atoms with Crippen LogP contribution in [0.4, 0.5) is 8.78 Å². The second-order valence-corrected chi connectivity index (χ2v) is 5.05. The van der Waals surface area contributed by atoms with Crippen molar-refractivity contribution < 1.29 is 13.5 Å². The first-order valence-electron chi connectivity index (χ1n) is 7.34. The summed E-state index contributed by atoms with van der Waals surface area (Å²) in [6, 6.07) is 2.18. The predicted molar refractivity (Wildman–Crippen MR) is 78.1 cm³/mol. The van der Waals surface area contributed by atoms with E-state index >= 15 is 0 Å². The second kappa shape index (κ2) is 8.90. The molecule has 0 aliphatic heterocycles. The fraction of sp³-hybridized carbons (Fsp3) is 0.625. The van der Waals surface area contributed by atoms with Gasteiger partial charge in [0.15, 0.2) is 0 Å². The largest absolute Gasteiger partial charge is 0.497 e. The molecule has 0 aliphatic rings. The minimum atomic E-state index is -0.547. The van der Waals surface area contributed by atoms with Gasteiger partial charge in [-0.2, -0.15) is 0 Å². The molecular weight excluding hydrogens is 260 g/mol. The normalized spacial score (nSPS) is 12.4. The Bertz CT molecular complexity index is 386. The Morgan fingerprint density at radius 1 is 1.10 bits per heavy atom. The molecule has 0 radical (unpaired) electrons. The van der Waals surface area contributed by atoms with Crippen molar-refractivity contribution in [2.24, 2.45) is 0 Å². The third kappa shape index (κ3) is 4.75. The van der Waals surface area contributed by atoms with E-state index < -0.39 is 11.6 Å². The van der Waals surface area contributed by atoms with Crippen LogP contribution in [0.2, 0.25) is 0 Å². The number of hydrogen-bond donors (Lipinski definition) is 1. The molecule has 1 atom stereocenters. The van der Waals surface area contributed by atoms with E-state index in [1.165, 1.54) is 38.5 Å². The van der Waals surface area contributed by atoms with Crippen molar-refractivity contribution in [3.8, 4) is 5.75 Å². The zero-order valence-corrected chi connectivity index (χ0v) is 12.6. The van der Waals surface area contributed by atoms with E-state index in [1.54, 1.807) is 7.05 Å². The highest BCUT2D eigenvalue weighted by Gasteiger charge is 2.19. The number of benzene rings is 1. The van der Waals surface area contributed by atoms with Gasteiger partial charge in [0.25, 0.3) is 0 Å². The van der Waals surface area contributed by atoms with Gasteiger partial charge in [0, 0.05) is 23.7 Å². The summed E-state index contributed by atoms with van der Waals surface area (Å²) in [6.07, 6.45) is 6.40. The molecule has 0 aromatic heterocycles. The van der Waals surface area contributed by atoms with Crippen LogP contribution in [0.25, 0.3) is 0 Å². The molecule has 0 aliphatic carbocycles. The second-order valence-electron chi connectivity index (χ2n) is 5.05. The summed E-state index contributed by atoms with van der Waals surface area (Å²) in [5.41, 5.74) is 0.115. The molecule has 1 rings (SSSR count). The SMILES string of the molecule is CCCCCCCC(NC)c1c(F)cc(OC)cc1F. The molecule has 0 spiro atoms. The molecule has 2 nitrogen and oxygen atoms in total. The van der Waals surface area contributed by atoms with Crippen LogP contribution >= 0.6 is 0 Å². The summed E-state index contributed by atoms with van der Waals surface area (Å²) in [5.74, 6) is -0.883. The van der Waals surface area contributed by atoms with Crippen molar-refractivity contribution in [1.82, 2.24) is 5.32 Å². The molecule has 0 saturated carbocycles. The molecule has 20 heavy (non-hydrogen) atoms. The van der Waals surface area contributed by atoms with Crippen molar-refractivity contribution in [1.29, 1.82) is 0 Å². The van der Waals surface area contributed by atoms with Gasteiger partial charge in [-0.05, 0) is 13.5 Å². The smallest absolute Gasteiger partial charge is 0.134 e. The number of nitrogens with one attached hydrogen (secondary N) is 1. The lowest BCUT2D eigenvalue weighted by atomic mass is 9.98. The maximum Gasteiger partial charge on any atom is 0.134 e. The van der Waals surface area contributed by atoms with E-state index in [0.717, 1.165) is 19.3 Å². The lowest BCUT2D eigenvalue weighted by molar-refractivity contribution is 0.399. The molecule has 0 fully saturated rings. The quantitative estimate of drug-likeness (QED) is 0.670. The highest BCUT2D eigenvalue weighted by molar-refractivity contribution is 5.32. The van der Waals surface area contributed by atoms with E-state index in [1.807, 2.05) is 0 Å². The Morgan fingerprint density at radius 3 is 2.20 bits per heavy atom. The summed E-state index contributed by atoms with van der Waals surface area (Å²) in [6.45, 7) is 2.17. The van der Waals surface area contributed by atoms with Gasteiger partial charge in [-0.15, -0.1) is 0 Å². The molecule has 114 valence electrons. The van der Waals surface area contributed by atoms with Crippen molar-refractivity contribution in [3.63, 3.8) is 0 Å². The van der Waals surface area contributed by atoms with Gasteiger partial charge < -0.3 is 10.1 Å². The summed E-state index contributed by atoms with van der Waals surface area (Å²) in [5, 5.41) is 3.01. The number of hydrogen-bond acceptors (Lipinski definition) is 2. The maximum absolute atomic E-state index is 14.0. The van der Waals surface area contributed by atoms with Gasteiger partial charge in [-0.25, -0.2) is 8.78 Å². The van der Waals surface area contributed by atoms with Gasteiger partial charge >= 0.3 is 0 Å². The molecule has 0 amide bonds. The summed E-state index contributed by atoms with van der Waals surface area (Å²) < 4.78 is 32.9. The minimum absolute atomic E-state index is 0.115. The van der Waals surface area contributed by atoms with E-state index in [9.17, 15) is 8.78 Å². The van der Waals surface area contributed by atoms with E-state index in [2.05, 4.69) is 12.2 Å². The molecular formula is C16H25F2NO. The lowest BCUT2D eigenvalue weighted by Crippen LogP contribution is -2.19. The molecule has 0 saturated heterocycles. The van der Waals surface area contributed by atoms with E-state index in [-0.39, 0.29) is 17.4 Å². The third-order valence-electron chi connectivity index (χ3n) is 3.58. The standard InChI is InChI=1S/C16H25F2NO/c1-4-5-6-7-8-9-15(19-2)16-13(17)10-12(20-3)11-14(16)18/h10-11,15,19H,4-9H2,1-3H3. The zero-order valence-electron chi connectivity index (χ0n) is 12.6. The average Bonchev–Trinajstić information content (AvgIpc) is 2.44.